The Hall–Kier alpha value is -3.93. The highest BCUT2D eigenvalue weighted by Crippen LogP contribution is 2.40. The second-order valence-electron chi connectivity index (χ2n) is 11.1. The van der Waals surface area contributed by atoms with Crippen molar-refractivity contribution >= 4 is 45.2 Å². The first-order valence-corrected chi connectivity index (χ1v) is 13.2. The fraction of sp³-hybridized carbons (Fsp3) is 0.182. The lowest BCUT2D eigenvalue weighted by molar-refractivity contribution is 0.00578. The van der Waals surface area contributed by atoms with Crippen molar-refractivity contribution in [3.05, 3.63) is 103 Å². The topological polar surface area (TPSA) is 36.3 Å². The van der Waals surface area contributed by atoms with Crippen LogP contribution in [0.1, 0.15) is 27.7 Å². The van der Waals surface area contributed by atoms with Gasteiger partial charge in [-0.25, -0.2) is 4.98 Å². The molecule has 1 aromatic heterocycles. The summed E-state index contributed by atoms with van der Waals surface area (Å²) in [5, 5.41) is 4.78. The lowest BCUT2D eigenvalue weighted by atomic mass is 9.78. The number of rotatable bonds is 3. The molecule has 0 unspecified atom stereocenters. The molecule has 0 N–H and O–H groups in total. The van der Waals surface area contributed by atoms with Crippen molar-refractivity contribution in [3.8, 4) is 17.1 Å². The van der Waals surface area contributed by atoms with Crippen molar-refractivity contribution in [2.45, 2.75) is 38.9 Å². The monoisotopic (exact) mass is 496 g/mol. The second-order valence-corrected chi connectivity index (χ2v) is 11.1. The molecule has 7 rings (SSSR count). The van der Waals surface area contributed by atoms with Crippen molar-refractivity contribution in [3.63, 3.8) is 0 Å². The largest absolute Gasteiger partial charge is 0.494 e. The summed E-state index contributed by atoms with van der Waals surface area (Å²) in [5.74, 6) is 0.895. The van der Waals surface area contributed by atoms with E-state index in [9.17, 15) is 0 Å². The lowest BCUT2D eigenvalue weighted by Crippen LogP contribution is -2.41. The number of hydrogen-bond acceptors (Lipinski definition) is 3. The van der Waals surface area contributed by atoms with E-state index in [1.807, 2.05) is 0 Å². The van der Waals surface area contributed by atoms with E-state index in [0.29, 0.717) is 0 Å². The standard InChI is InChI=1S/C33H29BN2O2/c1-32(2)33(3,4)38-34(37-32)23-14-12-13-22(21-23)31-35-29-27-19-10-8-17-25(27)26-18-9-11-20-28(26)30(29)36(31)24-15-6-5-7-16-24/h5-21H,1-4H3. The average molecular weight is 496 g/mol. The summed E-state index contributed by atoms with van der Waals surface area (Å²) in [6, 6.07) is 36.1. The Kier molecular flexibility index (Phi) is 5.06. The number of aromatic nitrogens is 2. The Bertz CT molecular complexity index is 1820. The molecule has 0 aliphatic carbocycles. The van der Waals surface area contributed by atoms with Gasteiger partial charge in [-0.05, 0) is 56.1 Å². The Morgan fingerprint density at radius 3 is 1.89 bits per heavy atom. The van der Waals surface area contributed by atoms with E-state index in [0.717, 1.165) is 39.0 Å². The fourth-order valence-electron chi connectivity index (χ4n) is 5.53. The smallest absolute Gasteiger partial charge is 0.399 e. The fourth-order valence-corrected chi connectivity index (χ4v) is 5.53. The molecular weight excluding hydrogens is 467 g/mol. The third kappa shape index (κ3) is 3.43. The molecule has 0 radical (unpaired) electrons. The predicted octanol–water partition coefficient (Wildman–Crippen LogP) is 7.30. The first-order valence-electron chi connectivity index (χ1n) is 13.2. The Morgan fingerprint density at radius 2 is 1.21 bits per heavy atom. The molecule has 1 aliphatic heterocycles. The van der Waals surface area contributed by atoms with E-state index in [-0.39, 0.29) is 0 Å². The summed E-state index contributed by atoms with van der Waals surface area (Å²) in [6.45, 7) is 8.34. The van der Waals surface area contributed by atoms with Crippen LogP contribution in [-0.2, 0) is 9.31 Å². The van der Waals surface area contributed by atoms with Gasteiger partial charge < -0.3 is 9.31 Å². The molecule has 38 heavy (non-hydrogen) atoms. The van der Waals surface area contributed by atoms with Crippen LogP contribution in [0.2, 0.25) is 0 Å². The number of fused-ring (bicyclic) bond motifs is 6. The van der Waals surface area contributed by atoms with Gasteiger partial charge in [0.05, 0.1) is 22.2 Å². The average Bonchev–Trinajstić information content (AvgIpc) is 3.44. The minimum Gasteiger partial charge on any atom is -0.399 e. The van der Waals surface area contributed by atoms with E-state index in [1.54, 1.807) is 0 Å². The van der Waals surface area contributed by atoms with Crippen molar-refractivity contribution in [1.82, 2.24) is 9.55 Å². The summed E-state index contributed by atoms with van der Waals surface area (Å²) in [6.07, 6.45) is 0. The van der Waals surface area contributed by atoms with Gasteiger partial charge in [-0.3, -0.25) is 4.57 Å². The van der Waals surface area contributed by atoms with Gasteiger partial charge in [0.15, 0.2) is 0 Å². The van der Waals surface area contributed by atoms with E-state index in [2.05, 4.69) is 135 Å². The maximum Gasteiger partial charge on any atom is 0.494 e. The van der Waals surface area contributed by atoms with Crippen LogP contribution in [0.4, 0.5) is 0 Å². The SMILES string of the molecule is CC1(C)OB(c2cccc(-c3nc4c5ccccc5c5ccccc5c4n3-c3ccccc3)c2)OC1(C)C. The minimum absolute atomic E-state index is 0.400. The Morgan fingerprint density at radius 1 is 0.632 bits per heavy atom. The molecule has 6 aromatic rings. The van der Waals surface area contributed by atoms with Crippen LogP contribution in [0, 0.1) is 0 Å². The van der Waals surface area contributed by atoms with Gasteiger partial charge in [0.2, 0.25) is 0 Å². The van der Waals surface area contributed by atoms with Crippen LogP contribution in [0.5, 0.6) is 0 Å². The summed E-state index contributed by atoms with van der Waals surface area (Å²) in [4.78, 5) is 5.34. The molecule has 0 atom stereocenters. The zero-order valence-electron chi connectivity index (χ0n) is 22.1. The molecule has 1 saturated heterocycles. The highest BCUT2D eigenvalue weighted by Gasteiger charge is 2.51. The van der Waals surface area contributed by atoms with Crippen molar-refractivity contribution in [1.29, 1.82) is 0 Å². The van der Waals surface area contributed by atoms with Gasteiger partial charge in [-0.15, -0.1) is 0 Å². The first kappa shape index (κ1) is 23.2. The van der Waals surface area contributed by atoms with Crippen molar-refractivity contribution in [2.75, 3.05) is 0 Å². The molecule has 0 amide bonds. The van der Waals surface area contributed by atoms with Crippen molar-refractivity contribution in [2.24, 2.45) is 0 Å². The number of para-hydroxylation sites is 1. The van der Waals surface area contributed by atoms with Crippen LogP contribution in [0.15, 0.2) is 103 Å². The molecule has 1 aliphatic rings. The zero-order chi connectivity index (χ0) is 26.1. The van der Waals surface area contributed by atoms with Crippen LogP contribution in [0.25, 0.3) is 49.7 Å². The van der Waals surface area contributed by atoms with Gasteiger partial charge in [0.25, 0.3) is 0 Å². The molecule has 1 fully saturated rings. The molecule has 0 spiro atoms. The quantitative estimate of drug-likeness (QED) is 0.191. The minimum atomic E-state index is -0.434. The summed E-state index contributed by atoms with van der Waals surface area (Å²) in [5.41, 5.74) is 4.39. The highest BCUT2D eigenvalue weighted by molar-refractivity contribution is 6.62. The predicted molar refractivity (Wildman–Crippen MR) is 157 cm³/mol. The van der Waals surface area contributed by atoms with E-state index in [1.165, 1.54) is 16.2 Å². The number of hydrogen-bond donors (Lipinski definition) is 0. The lowest BCUT2D eigenvalue weighted by Gasteiger charge is -2.32. The maximum atomic E-state index is 6.38. The normalized spacial score (nSPS) is 16.6. The van der Waals surface area contributed by atoms with Gasteiger partial charge in [-0.1, -0.05) is 91.0 Å². The number of imidazole rings is 1. The van der Waals surface area contributed by atoms with Gasteiger partial charge in [-0.2, -0.15) is 0 Å². The van der Waals surface area contributed by atoms with Gasteiger partial charge in [0, 0.05) is 22.0 Å². The molecule has 186 valence electrons. The zero-order valence-corrected chi connectivity index (χ0v) is 22.1. The van der Waals surface area contributed by atoms with Crippen LogP contribution >= 0.6 is 0 Å². The summed E-state index contributed by atoms with van der Waals surface area (Å²) >= 11 is 0. The van der Waals surface area contributed by atoms with Crippen LogP contribution < -0.4 is 5.46 Å². The highest BCUT2D eigenvalue weighted by atomic mass is 16.7. The molecule has 0 saturated carbocycles. The van der Waals surface area contributed by atoms with Crippen LogP contribution in [-0.4, -0.2) is 27.9 Å². The van der Waals surface area contributed by atoms with E-state index >= 15 is 0 Å². The molecule has 4 nitrogen and oxygen atoms in total. The van der Waals surface area contributed by atoms with Crippen molar-refractivity contribution < 1.29 is 9.31 Å². The molecule has 5 aromatic carbocycles. The summed E-state index contributed by atoms with van der Waals surface area (Å²) in [7, 11) is -0.434. The Balaban J connectivity index is 1.53. The molecule has 5 heteroatoms. The van der Waals surface area contributed by atoms with E-state index in [4.69, 9.17) is 14.3 Å². The van der Waals surface area contributed by atoms with Gasteiger partial charge in [0.1, 0.15) is 5.82 Å². The van der Waals surface area contributed by atoms with Gasteiger partial charge >= 0.3 is 7.12 Å². The molecular formula is C33H29BN2O2. The first-order chi connectivity index (χ1) is 18.3. The number of benzene rings is 5. The third-order valence-electron chi connectivity index (χ3n) is 8.22. The molecule has 0 bridgehead atoms. The third-order valence-corrected chi connectivity index (χ3v) is 8.22. The van der Waals surface area contributed by atoms with Crippen LogP contribution in [0.3, 0.4) is 0 Å². The van der Waals surface area contributed by atoms with E-state index < -0.39 is 18.3 Å². The summed E-state index contributed by atoms with van der Waals surface area (Å²) < 4.78 is 15.1. The Labute approximate surface area is 223 Å². The molecule has 2 heterocycles. The second kappa shape index (κ2) is 8.29. The maximum absolute atomic E-state index is 6.38. The number of nitrogens with zero attached hydrogens (tertiary/aromatic N) is 2.